The lowest BCUT2D eigenvalue weighted by atomic mass is 10.0. The summed E-state index contributed by atoms with van der Waals surface area (Å²) >= 11 is 3.28. The van der Waals surface area contributed by atoms with Crippen LogP contribution >= 0.6 is 15.9 Å². The quantitative estimate of drug-likeness (QED) is 0.623. The molecule has 0 heterocycles. The average molecular weight is 271 g/mol. The monoisotopic (exact) mass is 270 g/mol. The summed E-state index contributed by atoms with van der Waals surface area (Å²) in [7, 11) is 1.58. The van der Waals surface area contributed by atoms with E-state index in [0.717, 1.165) is 11.1 Å². The number of ketones is 1. The van der Waals surface area contributed by atoms with Gasteiger partial charge >= 0.3 is 0 Å². The molecular formula is C12H15BrO2. The lowest BCUT2D eigenvalue weighted by molar-refractivity contribution is 0.0993. The molecule has 15 heavy (non-hydrogen) atoms. The Morgan fingerprint density at radius 3 is 2.33 bits per heavy atom. The fraction of sp³-hybridized carbons (Fsp3) is 0.417. The van der Waals surface area contributed by atoms with Gasteiger partial charge in [0.25, 0.3) is 0 Å². The molecule has 0 N–H and O–H groups in total. The largest absolute Gasteiger partial charge is 0.496 e. The Morgan fingerprint density at radius 2 is 1.87 bits per heavy atom. The molecule has 0 radical (unpaired) electrons. The van der Waals surface area contributed by atoms with Crippen molar-refractivity contribution in [2.45, 2.75) is 25.6 Å². The van der Waals surface area contributed by atoms with Gasteiger partial charge in [-0.05, 0) is 44.0 Å². The number of methoxy groups -OCH3 is 1. The number of aryl methyl sites for hydroxylation is 2. The topological polar surface area (TPSA) is 26.3 Å². The average Bonchev–Trinajstić information content (AvgIpc) is 2.20. The van der Waals surface area contributed by atoms with E-state index >= 15 is 0 Å². The van der Waals surface area contributed by atoms with Crippen molar-refractivity contribution in [2.24, 2.45) is 0 Å². The van der Waals surface area contributed by atoms with Crippen molar-refractivity contribution in [3.63, 3.8) is 0 Å². The van der Waals surface area contributed by atoms with Gasteiger partial charge in [0.1, 0.15) is 5.75 Å². The molecule has 1 unspecified atom stereocenters. The highest BCUT2D eigenvalue weighted by atomic mass is 79.9. The van der Waals surface area contributed by atoms with Crippen molar-refractivity contribution >= 4 is 21.7 Å². The van der Waals surface area contributed by atoms with Crippen molar-refractivity contribution in [3.8, 4) is 5.75 Å². The molecule has 1 aromatic rings. The Balaban J connectivity index is 3.27. The molecule has 0 aliphatic carbocycles. The molecule has 0 fully saturated rings. The molecule has 0 saturated heterocycles. The normalized spacial score (nSPS) is 12.3. The summed E-state index contributed by atoms with van der Waals surface area (Å²) in [4.78, 5) is 11.7. The number of carbonyl (C=O) groups is 1. The van der Waals surface area contributed by atoms with Gasteiger partial charge in [-0.1, -0.05) is 15.9 Å². The molecule has 0 saturated carbocycles. The van der Waals surface area contributed by atoms with E-state index < -0.39 is 0 Å². The van der Waals surface area contributed by atoms with Crippen molar-refractivity contribution in [1.82, 2.24) is 0 Å². The SMILES string of the molecule is COc1cc(C)c(C)cc1C(=O)C(C)Br. The van der Waals surface area contributed by atoms with E-state index in [0.29, 0.717) is 11.3 Å². The summed E-state index contributed by atoms with van der Waals surface area (Å²) in [5.74, 6) is 0.698. The molecule has 0 amide bonds. The highest BCUT2D eigenvalue weighted by Crippen LogP contribution is 2.25. The zero-order valence-electron chi connectivity index (χ0n) is 9.43. The van der Waals surface area contributed by atoms with E-state index in [-0.39, 0.29) is 10.6 Å². The Kier molecular flexibility index (Phi) is 3.91. The van der Waals surface area contributed by atoms with Gasteiger partial charge in [-0.3, -0.25) is 4.79 Å². The zero-order chi connectivity index (χ0) is 11.6. The molecule has 82 valence electrons. The summed E-state index contributed by atoms with van der Waals surface area (Å²) in [6, 6.07) is 3.78. The van der Waals surface area contributed by atoms with Gasteiger partial charge in [0.15, 0.2) is 5.78 Å². The Hall–Kier alpha value is -0.830. The fourth-order valence-electron chi connectivity index (χ4n) is 1.37. The van der Waals surface area contributed by atoms with E-state index in [1.54, 1.807) is 7.11 Å². The maximum Gasteiger partial charge on any atom is 0.179 e. The van der Waals surface area contributed by atoms with Crippen LogP contribution < -0.4 is 4.74 Å². The van der Waals surface area contributed by atoms with Gasteiger partial charge in [0, 0.05) is 0 Å². The van der Waals surface area contributed by atoms with Crippen LogP contribution in [0.1, 0.15) is 28.4 Å². The maximum absolute atomic E-state index is 11.9. The number of carbonyl (C=O) groups excluding carboxylic acids is 1. The second-order valence-corrected chi connectivity index (χ2v) is 4.99. The predicted octanol–water partition coefficient (Wildman–Crippen LogP) is 3.28. The Bertz CT molecular complexity index is 383. The Labute approximate surface area is 98.8 Å². The molecule has 0 bridgehead atoms. The number of hydrogen-bond acceptors (Lipinski definition) is 2. The van der Waals surface area contributed by atoms with Gasteiger partial charge in [-0.25, -0.2) is 0 Å². The molecule has 1 aromatic carbocycles. The molecule has 0 aromatic heterocycles. The van der Waals surface area contributed by atoms with Crippen LogP contribution in [0.25, 0.3) is 0 Å². The minimum absolute atomic E-state index is 0.0509. The van der Waals surface area contributed by atoms with Crippen LogP contribution in [0.5, 0.6) is 5.75 Å². The van der Waals surface area contributed by atoms with Crippen LogP contribution in [0, 0.1) is 13.8 Å². The second kappa shape index (κ2) is 4.79. The van der Waals surface area contributed by atoms with E-state index in [9.17, 15) is 4.79 Å². The highest BCUT2D eigenvalue weighted by molar-refractivity contribution is 9.10. The summed E-state index contributed by atoms with van der Waals surface area (Å²) in [5.41, 5.74) is 2.88. The van der Waals surface area contributed by atoms with Crippen molar-refractivity contribution in [3.05, 3.63) is 28.8 Å². The van der Waals surface area contributed by atoms with Gasteiger partial charge in [0.05, 0.1) is 17.5 Å². The van der Waals surface area contributed by atoms with Crippen LogP contribution in [-0.4, -0.2) is 17.7 Å². The van der Waals surface area contributed by atoms with Crippen LogP contribution in [0.2, 0.25) is 0 Å². The van der Waals surface area contributed by atoms with Crippen LogP contribution in [0.3, 0.4) is 0 Å². The lowest BCUT2D eigenvalue weighted by Crippen LogP contribution is -2.12. The van der Waals surface area contributed by atoms with Crippen LogP contribution in [0.15, 0.2) is 12.1 Å². The van der Waals surface area contributed by atoms with Gasteiger partial charge in [-0.15, -0.1) is 0 Å². The summed E-state index contributed by atoms with van der Waals surface area (Å²) < 4.78 is 5.21. The van der Waals surface area contributed by atoms with Gasteiger partial charge < -0.3 is 4.74 Å². The minimum atomic E-state index is -0.187. The standard InChI is InChI=1S/C12H15BrO2/c1-7-5-10(12(14)9(3)13)11(15-4)6-8(7)2/h5-6,9H,1-4H3. The van der Waals surface area contributed by atoms with Crippen molar-refractivity contribution in [1.29, 1.82) is 0 Å². The third-order valence-electron chi connectivity index (χ3n) is 2.44. The molecule has 0 spiro atoms. The number of halogens is 1. The van der Waals surface area contributed by atoms with Crippen LogP contribution in [-0.2, 0) is 0 Å². The van der Waals surface area contributed by atoms with Crippen LogP contribution in [0.4, 0.5) is 0 Å². The number of benzene rings is 1. The first-order chi connectivity index (χ1) is 6.97. The minimum Gasteiger partial charge on any atom is -0.496 e. The van der Waals surface area contributed by atoms with Crippen molar-refractivity contribution < 1.29 is 9.53 Å². The molecule has 1 atom stereocenters. The first-order valence-electron chi connectivity index (χ1n) is 4.81. The molecule has 0 aliphatic heterocycles. The number of alkyl halides is 1. The first-order valence-corrected chi connectivity index (χ1v) is 5.72. The van der Waals surface area contributed by atoms with E-state index in [2.05, 4.69) is 15.9 Å². The summed E-state index contributed by atoms with van der Waals surface area (Å²) in [6.07, 6.45) is 0. The molecule has 0 aliphatic rings. The number of rotatable bonds is 3. The maximum atomic E-state index is 11.9. The van der Waals surface area contributed by atoms with Gasteiger partial charge in [0.2, 0.25) is 0 Å². The smallest absolute Gasteiger partial charge is 0.179 e. The fourth-order valence-corrected chi connectivity index (χ4v) is 1.61. The molecular weight excluding hydrogens is 256 g/mol. The van der Waals surface area contributed by atoms with Crippen molar-refractivity contribution in [2.75, 3.05) is 7.11 Å². The predicted molar refractivity (Wildman–Crippen MR) is 65.2 cm³/mol. The zero-order valence-corrected chi connectivity index (χ0v) is 11.0. The summed E-state index contributed by atoms with van der Waals surface area (Å²) in [6.45, 7) is 5.81. The summed E-state index contributed by atoms with van der Waals surface area (Å²) in [5, 5.41) is 0. The Morgan fingerprint density at radius 1 is 1.33 bits per heavy atom. The lowest BCUT2D eigenvalue weighted by Gasteiger charge is -2.11. The third-order valence-corrected chi connectivity index (χ3v) is 2.86. The molecule has 2 nitrogen and oxygen atoms in total. The van der Waals surface area contributed by atoms with E-state index in [1.165, 1.54) is 0 Å². The van der Waals surface area contributed by atoms with E-state index in [1.807, 2.05) is 32.9 Å². The van der Waals surface area contributed by atoms with Gasteiger partial charge in [-0.2, -0.15) is 0 Å². The number of Topliss-reactive ketones (excluding diaryl/α,β-unsaturated/α-hetero) is 1. The second-order valence-electron chi connectivity index (χ2n) is 3.62. The number of ether oxygens (including phenoxy) is 1. The highest BCUT2D eigenvalue weighted by Gasteiger charge is 2.17. The third kappa shape index (κ3) is 2.59. The number of hydrogen-bond donors (Lipinski definition) is 0. The molecule has 3 heteroatoms. The molecule has 1 rings (SSSR count). The first kappa shape index (κ1) is 12.2. The van der Waals surface area contributed by atoms with E-state index in [4.69, 9.17) is 4.74 Å².